The van der Waals surface area contributed by atoms with Crippen LogP contribution in [-0.4, -0.2) is 46.6 Å². The molecule has 8 atom stereocenters. The quantitative estimate of drug-likeness (QED) is 0.266. The molecule has 8 heteroatoms. The number of esters is 1. The van der Waals surface area contributed by atoms with Gasteiger partial charge < -0.3 is 24.6 Å². The molecule has 0 radical (unpaired) electrons. The lowest BCUT2D eigenvalue weighted by atomic mass is 9.58. The molecule has 0 spiro atoms. The van der Waals surface area contributed by atoms with Crippen LogP contribution in [-0.2, 0) is 24.6 Å². The zero-order valence-electron chi connectivity index (χ0n) is 24.0. The smallest absolute Gasteiger partial charge is 0.407 e. The summed E-state index contributed by atoms with van der Waals surface area (Å²) in [5, 5.41) is 13.9. The number of fused-ring (bicyclic) bond motifs is 3. The van der Waals surface area contributed by atoms with Gasteiger partial charge in [0.1, 0.15) is 17.3 Å². The van der Waals surface area contributed by atoms with Gasteiger partial charge in [0.25, 0.3) is 0 Å². The summed E-state index contributed by atoms with van der Waals surface area (Å²) in [7, 11) is 0. The Bertz CT molecular complexity index is 1320. The molecule has 3 fully saturated rings. The fourth-order valence-electron chi connectivity index (χ4n) is 8.65. The number of epoxide rings is 1. The van der Waals surface area contributed by atoms with E-state index in [1.54, 1.807) is 24.5 Å². The molecule has 4 unspecified atom stereocenters. The van der Waals surface area contributed by atoms with Crippen molar-refractivity contribution in [2.24, 2.45) is 16.7 Å². The molecule has 8 nitrogen and oxygen atoms in total. The molecule has 2 aromatic rings. The van der Waals surface area contributed by atoms with E-state index in [0.717, 1.165) is 19.3 Å². The van der Waals surface area contributed by atoms with Crippen molar-refractivity contribution in [3.63, 3.8) is 0 Å². The minimum absolute atomic E-state index is 0.163. The molecule has 2 N–H and O–H groups in total. The number of aliphatic hydroxyl groups excluding tert-OH is 1. The second-order valence-corrected chi connectivity index (χ2v) is 12.8. The molecule has 3 aliphatic carbocycles. The Morgan fingerprint density at radius 1 is 1.18 bits per heavy atom. The van der Waals surface area contributed by atoms with Gasteiger partial charge in [0.15, 0.2) is 6.10 Å². The zero-order chi connectivity index (χ0) is 28.5. The van der Waals surface area contributed by atoms with Crippen LogP contribution in [0.25, 0.3) is 0 Å². The molecular weight excluding hydrogens is 508 g/mol. The number of nitrogens with zero attached hydrogens (tertiary/aromatic N) is 1. The lowest BCUT2D eigenvalue weighted by molar-refractivity contribution is -0.173. The molecule has 1 saturated heterocycles. The van der Waals surface area contributed by atoms with E-state index >= 15 is 0 Å². The first-order valence-corrected chi connectivity index (χ1v) is 14.6. The van der Waals surface area contributed by atoms with E-state index in [4.69, 9.17) is 14.2 Å². The van der Waals surface area contributed by atoms with Gasteiger partial charge in [-0.15, -0.1) is 0 Å². The van der Waals surface area contributed by atoms with Crippen LogP contribution in [0.1, 0.15) is 89.0 Å². The number of pyridine rings is 1. The number of alkyl carbamates (subject to hydrolysis) is 1. The Balaban J connectivity index is 1.26. The van der Waals surface area contributed by atoms with E-state index in [1.165, 1.54) is 11.1 Å². The van der Waals surface area contributed by atoms with E-state index in [2.05, 4.69) is 62.3 Å². The standard InChI is InChI=1S/C32H40N2O6/c1-6-7-16-38-28(37)34-25(20-12-14-33-15-13-20)26(35)27(36)39-24-17-23-29(3,4)30(24,5)31-18-19(2)21-10-8-9-11-22(21)32(23,31)40-31/h8-15,19,23-26,35H,6-7,16-18H2,1-5H3,(H,34,37)/t19?,23?,24?,25-,26+,30?,31-,32+/m0/s1. The fraction of sp³-hybridized carbons (Fsp3) is 0.594. The third-order valence-electron chi connectivity index (χ3n) is 10.9. The number of unbranched alkanes of at least 4 members (excludes halogenated alkanes) is 1. The lowest BCUT2D eigenvalue weighted by Gasteiger charge is -2.46. The number of hydrogen-bond acceptors (Lipinski definition) is 7. The highest BCUT2D eigenvalue weighted by Crippen LogP contribution is 2.89. The van der Waals surface area contributed by atoms with Crippen molar-refractivity contribution in [3.8, 4) is 0 Å². The van der Waals surface area contributed by atoms with Crippen molar-refractivity contribution in [1.29, 1.82) is 0 Å². The molecule has 40 heavy (non-hydrogen) atoms. The molecule has 214 valence electrons. The topological polar surface area (TPSA) is 110 Å². The second-order valence-electron chi connectivity index (χ2n) is 12.8. The van der Waals surface area contributed by atoms with Gasteiger partial charge in [0.05, 0.1) is 12.6 Å². The van der Waals surface area contributed by atoms with Crippen LogP contribution < -0.4 is 5.32 Å². The number of carbonyl (C=O) groups excluding carboxylic acids is 2. The average Bonchev–Trinajstić information content (AvgIpc) is 3.57. The van der Waals surface area contributed by atoms with Gasteiger partial charge in [0.2, 0.25) is 0 Å². The van der Waals surface area contributed by atoms with E-state index in [9.17, 15) is 14.7 Å². The molecule has 2 heterocycles. The van der Waals surface area contributed by atoms with Gasteiger partial charge in [-0.05, 0) is 59.4 Å². The molecule has 1 amide bonds. The van der Waals surface area contributed by atoms with Gasteiger partial charge in [-0.3, -0.25) is 4.98 Å². The van der Waals surface area contributed by atoms with Crippen molar-refractivity contribution in [2.75, 3.05) is 6.61 Å². The van der Waals surface area contributed by atoms with Crippen molar-refractivity contribution in [3.05, 3.63) is 65.5 Å². The van der Waals surface area contributed by atoms with Gasteiger partial charge in [-0.25, -0.2) is 9.59 Å². The number of rotatable bonds is 8. The predicted molar refractivity (Wildman–Crippen MR) is 147 cm³/mol. The summed E-state index contributed by atoms with van der Waals surface area (Å²) in [5.41, 5.74) is 1.76. The number of benzene rings is 1. The Morgan fingerprint density at radius 2 is 1.90 bits per heavy atom. The maximum absolute atomic E-state index is 13.6. The molecule has 6 rings (SSSR count). The number of hydrogen-bond donors (Lipinski definition) is 2. The number of aliphatic hydroxyl groups is 1. The van der Waals surface area contributed by atoms with Crippen LogP contribution >= 0.6 is 0 Å². The third kappa shape index (κ3) is 3.41. The number of ether oxygens (including phenoxy) is 3. The summed E-state index contributed by atoms with van der Waals surface area (Å²) >= 11 is 0. The van der Waals surface area contributed by atoms with Crippen molar-refractivity contribution in [2.45, 2.75) is 95.7 Å². The monoisotopic (exact) mass is 548 g/mol. The van der Waals surface area contributed by atoms with Crippen LogP contribution in [0.5, 0.6) is 0 Å². The molecular formula is C32H40N2O6. The molecule has 1 aromatic heterocycles. The van der Waals surface area contributed by atoms with Crippen LogP contribution in [0.3, 0.4) is 0 Å². The van der Waals surface area contributed by atoms with E-state index < -0.39 is 41.3 Å². The van der Waals surface area contributed by atoms with Gasteiger partial charge in [-0.2, -0.15) is 0 Å². The average molecular weight is 549 g/mol. The van der Waals surface area contributed by atoms with Crippen LogP contribution in [0.15, 0.2) is 48.8 Å². The number of nitrogens with one attached hydrogen (secondary N) is 1. The molecule has 2 bridgehead atoms. The molecule has 1 aromatic carbocycles. The second kappa shape index (κ2) is 9.28. The van der Waals surface area contributed by atoms with Gasteiger partial charge in [0, 0.05) is 23.7 Å². The van der Waals surface area contributed by atoms with Crippen molar-refractivity contribution in [1.82, 2.24) is 10.3 Å². The lowest BCUT2D eigenvalue weighted by Crippen LogP contribution is -2.53. The largest absolute Gasteiger partial charge is 0.460 e. The van der Waals surface area contributed by atoms with Crippen LogP contribution in [0.2, 0.25) is 0 Å². The summed E-state index contributed by atoms with van der Waals surface area (Å²) in [6.07, 6.45) is 3.47. The van der Waals surface area contributed by atoms with Gasteiger partial charge >= 0.3 is 12.1 Å². The minimum Gasteiger partial charge on any atom is -0.460 e. The Labute approximate surface area is 235 Å². The number of carbonyl (C=O) groups is 2. The number of amides is 1. The summed E-state index contributed by atoms with van der Waals surface area (Å²) in [5.74, 6) is -0.284. The first-order valence-electron chi connectivity index (χ1n) is 14.6. The first-order chi connectivity index (χ1) is 19.0. The maximum Gasteiger partial charge on any atom is 0.407 e. The zero-order valence-corrected chi connectivity index (χ0v) is 24.0. The summed E-state index contributed by atoms with van der Waals surface area (Å²) in [6.45, 7) is 11.3. The minimum atomic E-state index is -1.62. The van der Waals surface area contributed by atoms with Crippen LogP contribution in [0.4, 0.5) is 4.79 Å². The Morgan fingerprint density at radius 3 is 2.62 bits per heavy atom. The maximum atomic E-state index is 13.6. The Hall–Kier alpha value is -2.97. The normalized spacial score (nSPS) is 35.5. The highest BCUT2D eigenvalue weighted by molar-refractivity contribution is 5.78. The number of aromatic nitrogens is 1. The van der Waals surface area contributed by atoms with E-state index in [0.29, 0.717) is 17.9 Å². The molecule has 2 saturated carbocycles. The molecule has 1 aliphatic heterocycles. The SMILES string of the molecule is CCCCOC(=O)N[C@@H](c1ccncc1)[C@@H](O)C(=O)OC1CC2C(C)(C)C1(C)[C@@]13CC(C)c4ccccc4[C@@]21O3. The summed E-state index contributed by atoms with van der Waals surface area (Å²) < 4.78 is 18.3. The van der Waals surface area contributed by atoms with Crippen LogP contribution in [0, 0.1) is 16.7 Å². The Kier molecular flexibility index (Phi) is 6.31. The molecule has 4 aliphatic rings. The van der Waals surface area contributed by atoms with Gasteiger partial charge in [-0.1, -0.05) is 65.3 Å². The first kappa shape index (κ1) is 27.2. The predicted octanol–water partition coefficient (Wildman–Crippen LogP) is 5.16. The highest BCUT2D eigenvalue weighted by atomic mass is 16.6. The summed E-state index contributed by atoms with van der Waals surface area (Å²) in [6, 6.07) is 10.9. The van der Waals surface area contributed by atoms with Crippen molar-refractivity contribution >= 4 is 12.1 Å². The van der Waals surface area contributed by atoms with E-state index in [1.807, 2.05) is 6.92 Å². The fourth-order valence-corrected chi connectivity index (χ4v) is 8.65. The van der Waals surface area contributed by atoms with E-state index in [-0.39, 0.29) is 23.5 Å². The summed E-state index contributed by atoms with van der Waals surface area (Å²) in [4.78, 5) is 30.1. The highest BCUT2D eigenvalue weighted by Gasteiger charge is 2.95. The van der Waals surface area contributed by atoms with Crippen molar-refractivity contribution < 1.29 is 28.9 Å². The third-order valence-corrected chi connectivity index (χ3v) is 10.9.